The lowest BCUT2D eigenvalue weighted by molar-refractivity contribution is -0.131. The molecule has 0 aromatic heterocycles. The first-order valence-corrected chi connectivity index (χ1v) is 5.42. The van der Waals surface area contributed by atoms with E-state index in [1.54, 1.807) is 6.08 Å². The quantitative estimate of drug-likeness (QED) is 0.702. The number of carboxylic acid groups (broad SMARTS) is 1. The summed E-state index contributed by atoms with van der Waals surface area (Å²) in [6, 6.07) is 0. The van der Waals surface area contributed by atoms with E-state index in [2.05, 4.69) is 0 Å². The van der Waals surface area contributed by atoms with Crippen molar-refractivity contribution in [3.63, 3.8) is 0 Å². The fraction of sp³-hybridized carbons (Fsp3) is 0.667. The summed E-state index contributed by atoms with van der Waals surface area (Å²) >= 11 is 1.81. The molecule has 0 spiro atoms. The predicted octanol–water partition coefficient (Wildman–Crippen LogP) is 1.54. The van der Waals surface area contributed by atoms with E-state index in [0.717, 1.165) is 31.8 Å². The molecule has 0 radical (unpaired) electrons. The average Bonchev–Trinajstić information content (AvgIpc) is 2.14. The van der Waals surface area contributed by atoms with Crippen LogP contribution in [0.4, 0.5) is 0 Å². The Morgan fingerprint density at radius 1 is 1.54 bits per heavy atom. The minimum absolute atomic E-state index is 0.646. The molecule has 0 unspecified atom stereocenters. The second kappa shape index (κ2) is 6.05. The van der Waals surface area contributed by atoms with Gasteiger partial charge in [0.15, 0.2) is 0 Å². The zero-order valence-electron chi connectivity index (χ0n) is 7.44. The highest BCUT2D eigenvalue weighted by Crippen LogP contribution is 2.21. The van der Waals surface area contributed by atoms with Gasteiger partial charge in [-0.25, -0.2) is 4.79 Å². The molecule has 1 saturated heterocycles. The maximum Gasteiger partial charge on any atom is 0.328 e. The Bertz CT molecular complexity index is 185. The van der Waals surface area contributed by atoms with Crippen molar-refractivity contribution in [3.05, 3.63) is 12.2 Å². The van der Waals surface area contributed by atoms with Crippen LogP contribution in [0.2, 0.25) is 0 Å². The van der Waals surface area contributed by atoms with Crippen LogP contribution in [0.3, 0.4) is 0 Å². The van der Waals surface area contributed by atoms with Gasteiger partial charge in [-0.3, -0.25) is 0 Å². The number of hydrogen-bond donors (Lipinski definition) is 1. The summed E-state index contributed by atoms with van der Waals surface area (Å²) in [5, 5.41) is 8.98. The lowest BCUT2D eigenvalue weighted by Gasteiger charge is -2.20. The van der Waals surface area contributed by atoms with Gasteiger partial charge in [0.25, 0.3) is 0 Å². The van der Waals surface area contributed by atoms with Gasteiger partial charge in [0, 0.05) is 30.3 Å². The Morgan fingerprint density at radius 3 is 2.85 bits per heavy atom. The Kier molecular flexibility index (Phi) is 4.93. The van der Waals surface area contributed by atoms with Crippen LogP contribution in [0, 0.1) is 0 Å². The van der Waals surface area contributed by atoms with Gasteiger partial charge in [0.2, 0.25) is 0 Å². The zero-order valence-corrected chi connectivity index (χ0v) is 8.26. The van der Waals surface area contributed by atoms with E-state index < -0.39 is 5.97 Å². The van der Waals surface area contributed by atoms with E-state index in [4.69, 9.17) is 9.84 Å². The maximum atomic E-state index is 10.1. The van der Waals surface area contributed by atoms with Crippen molar-refractivity contribution in [2.45, 2.75) is 18.1 Å². The van der Waals surface area contributed by atoms with E-state index in [-0.39, 0.29) is 0 Å². The molecule has 1 aliphatic rings. The fourth-order valence-corrected chi connectivity index (χ4v) is 2.19. The molecular formula is C9H14O3S. The van der Waals surface area contributed by atoms with Crippen LogP contribution in [0.5, 0.6) is 0 Å². The summed E-state index contributed by atoms with van der Waals surface area (Å²) in [5.41, 5.74) is 0. The van der Waals surface area contributed by atoms with Gasteiger partial charge in [-0.05, 0) is 12.8 Å². The van der Waals surface area contributed by atoms with Gasteiger partial charge in [-0.2, -0.15) is 11.8 Å². The van der Waals surface area contributed by atoms with Crippen LogP contribution in [-0.2, 0) is 9.53 Å². The first-order chi connectivity index (χ1) is 6.29. The first kappa shape index (κ1) is 10.6. The molecule has 0 atom stereocenters. The minimum atomic E-state index is -0.868. The molecule has 0 amide bonds. The van der Waals surface area contributed by atoms with Crippen LogP contribution < -0.4 is 0 Å². The van der Waals surface area contributed by atoms with E-state index in [1.807, 2.05) is 11.8 Å². The second-order valence-corrected chi connectivity index (χ2v) is 4.22. The maximum absolute atomic E-state index is 10.1. The van der Waals surface area contributed by atoms with Gasteiger partial charge >= 0.3 is 5.97 Å². The highest BCUT2D eigenvalue weighted by molar-refractivity contribution is 8.00. The lowest BCUT2D eigenvalue weighted by atomic mass is 10.2. The van der Waals surface area contributed by atoms with Crippen LogP contribution in [0.1, 0.15) is 12.8 Å². The van der Waals surface area contributed by atoms with Crippen LogP contribution >= 0.6 is 11.8 Å². The second-order valence-electron chi connectivity index (χ2n) is 2.89. The van der Waals surface area contributed by atoms with Gasteiger partial charge in [-0.15, -0.1) is 0 Å². The zero-order chi connectivity index (χ0) is 9.52. The van der Waals surface area contributed by atoms with Crippen LogP contribution in [0.25, 0.3) is 0 Å². The van der Waals surface area contributed by atoms with Gasteiger partial charge in [0.1, 0.15) is 0 Å². The van der Waals surface area contributed by atoms with Crippen molar-refractivity contribution in [1.82, 2.24) is 0 Å². The number of thioether (sulfide) groups is 1. The third-order valence-corrected chi connectivity index (χ3v) is 3.18. The van der Waals surface area contributed by atoms with Gasteiger partial charge in [-0.1, -0.05) is 6.08 Å². The predicted molar refractivity (Wildman–Crippen MR) is 53.1 cm³/mol. The van der Waals surface area contributed by atoms with Crippen LogP contribution in [0.15, 0.2) is 12.2 Å². The normalized spacial score (nSPS) is 19.4. The fourth-order valence-electron chi connectivity index (χ4n) is 1.18. The average molecular weight is 202 g/mol. The summed E-state index contributed by atoms with van der Waals surface area (Å²) in [6.45, 7) is 1.70. The summed E-state index contributed by atoms with van der Waals surface area (Å²) < 4.78 is 5.22. The molecule has 3 nitrogen and oxygen atoms in total. The molecule has 0 aliphatic carbocycles. The van der Waals surface area contributed by atoms with Crippen molar-refractivity contribution in [2.24, 2.45) is 0 Å². The number of aliphatic carboxylic acids is 1. The Morgan fingerprint density at radius 2 is 2.23 bits per heavy atom. The summed E-state index contributed by atoms with van der Waals surface area (Å²) in [5.74, 6) is -0.0793. The first-order valence-electron chi connectivity index (χ1n) is 4.38. The molecule has 1 fully saturated rings. The minimum Gasteiger partial charge on any atom is -0.478 e. The highest BCUT2D eigenvalue weighted by atomic mass is 32.2. The van der Waals surface area contributed by atoms with Gasteiger partial charge < -0.3 is 9.84 Å². The monoisotopic (exact) mass is 202 g/mol. The number of ether oxygens (including phenoxy) is 1. The summed E-state index contributed by atoms with van der Waals surface area (Å²) in [4.78, 5) is 10.1. The third-order valence-electron chi connectivity index (χ3n) is 1.86. The number of hydrogen-bond acceptors (Lipinski definition) is 3. The topological polar surface area (TPSA) is 46.5 Å². The van der Waals surface area contributed by atoms with E-state index in [0.29, 0.717) is 5.25 Å². The molecule has 0 aromatic rings. The largest absolute Gasteiger partial charge is 0.478 e. The molecule has 4 heteroatoms. The van der Waals surface area contributed by atoms with E-state index in [9.17, 15) is 4.79 Å². The number of carbonyl (C=O) groups is 1. The molecule has 1 heterocycles. The molecule has 1 aliphatic heterocycles. The molecule has 0 saturated carbocycles. The smallest absolute Gasteiger partial charge is 0.328 e. The van der Waals surface area contributed by atoms with E-state index >= 15 is 0 Å². The molecule has 1 rings (SSSR count). The van der Waals surface area contributed by atoms with Crippen molar-refractivity contribution in [2.75, 3.05) is 19.0 Å². The Balaban J connectivity index is 2.07. The molecular weight excluding hydrogens is 188 g/mol. The number of rotatable bonds is 4. The Labute approximate surface area is 82.2 Å². The molecule has 13 heavy (non-hydrogen) atoms. The van der Waals surface area contributed by atoms with Crippen molar-refractivity contribution in [1.29, 1.82) is 0 Å². The summed E-state index contributed by atoms with van der Waals surface area (Å²) in [7, 11) is 0. The highest BCUT2D eigenvalue weighted by Gasteiger charge is 2.12. The molecule has 0 bridgehead atoms. The molecule has 0 aromatic carbocycles. The Hall–Kier alpha value is -0.480. The van der Waals surface area contributed by atoms with E-state index in [1.165, 1.54) is 6.08 Å². The SMILES string of the molecule is O=C(O)C=CCSC1CCOCC1. The lowest BCUT2D eigenvalue weighted by Crippen LogP contribution is -2.17. The van der Waals surface area contributed by atoms with Crippen molar-refractivity contribution in [3.8, 4) is 0 Å². The van der Waals surface area contributed by atoms with Crippen molar-refractivity contribution < 1.29 is 14.6 Å². The van der Waals surface area contributed by atoms with Crippen LogP contribution in [-0.4, -0.2) is 35.3 Å². The number of carboxylic acids is 1. The molecule has 74 valence electrons. The standard InChI is InChI=1S/C9H14O3S/c10-9(11)2-1-7-13-8-3-5-12-6-4-8/h1-2,8H,3-7H2,(H,10,11). The third kappa shape index (κ3) is 4.95. The summed E-state index contributed by atoms with van der Waals surface area (Å²) in [6.07, 6.45) is 5.08. The van der Waals surface area contributed by atoms with Gasteiger partial charge in [0.05, 0.1) is 0 Å². The van der Waals surface area contributed by atoms with Crippen molar-refractivity contribution >= 4 is 17.7 Å². The molecule has 1 N–H and O–H groups in total.